The van der Waals surface area contributed by atoms with Crippen LogP contribution in [0.25, 0.3) is 22.3 Å². The van der Waals surface area contributed by atoms with Gasteiger partial charge < -0.3 is 15.3 Å². The largest absolute Gasteiger partial charge is 0.508 e. The summed E-state index contributed by atoms with van der Waals surface area (Å²) < 4.78 is 5.63. The number of fused-ring (bicyclic) bond motifs is 1. The molecule has 4 nitrogen and oxygen atoms in total. The Morgan fingerprint density at radius 3 is 2.76 bits per heavy atom. The fourth-order valence-electron chi connectivity index (χ4n) is 1.71. The normalized spacial score (nSPS) is 10.8. The quantitative estimate of drug-likeness (QED) is 0.669. The van der Waals surface area contributed by atoms with Crippen molar-refractivity contribution in [1.82, 2.24) is 4.98 Å². The third-order valence-electron chi connectivity index (χ3n) is 2.57. The highest BCUT2D eigenvalue weighted by atomic mass is 16.3. The first-order valence-corrected chi connectivity index (χ1v) is 5.17. The number of aromatic hydroxyl groups is 1. The van der Waals surface area contributed by atoms with E-state index in [1.165, 1.54) is 0 Å². The lowest BCUT2D eigenvalue weighted by atomic mass is 10.2. The molecule has 0 atom stereocenters. The molecule has 3 N–H and O–H groups in total. The first-order valence-electron chi connectivity index (χ1n) is 5.17. The van der Waals surface area contributed by atoms with E-state index >= 15 is 0 Å². The lowest BCUT2D eigenvalue weighted by molar-refractivity contribution is 0.474. The molecule has 0 spiro atoms. The molecule has 2 heterocycles. The van der Waals surface area contributed by atoms with Crippen LogP contribution in [-0.2, 0) is 0 Å². The van der Waals surface area contributed by atoms with Crippen molar-refractivity contribution in [1.29, 1.82) is 0 Å². The summed E-state index contributed by atoms with van der Waals surface area (Å²) in [6.45, 7) is 0. The Balaban J connectivity index is 2.14. The van der Waals surface area contributed by atoms with Crippen LogP contribution in [0.2, 0.25) is 0 Å². The van der Waals surface area contributed by atoms with E-state index in [4.69, 9.17) is 10.2 Å². The molecule has 84 valence electrons. The highest BCUT2D eigenvalue weighted by Gasteiger charge is 2.06. The number of hydrogen-bond donors (Lipinski definition) is 2. The maximum atomic E-state index is 9.36. The van der Waals surface area contributed by atoms with Gasteiger partial charge in [-0.15, -0.1) is 0 Å². The number of benzene rings is 1. The average molecular weight is 226 g/mol. The predicted octanol–water partition coefficient (Wildman–Crippen LogP) is 2.78. The molecule has 3 aromatic rings. The van der Waals surface area contributed by atoms with Crippen LogP contribution in [0.3, 0.4) is 0 Å². The predicted molar refractivity (Wildman–Crippen MR) is 65.5 cm³/mol. The van der Waals surface area contributed by atoms with E-state index in [1.807, 2.05) is 18.2 Å². The lowest BCUT2D eigenvalue weighted by Gasteiger charge is -1.95. The lowest BCUT2D eigenvalue weighted by Crippen LogP contribution is -1.87. The molecule has 0 aliphatic carbocycles. The van der Waals surface area contributed by atoms with Crippen LogP contribution in [0.1, 0.15) is 0 Å². The zero-order chi connectivity index (χ0) is 11.8. The molecule has 0 unspecified atom stereocenters. The Morgan fingerprint density at radius 2 is 2.00 bits per heavy atom. The zero-order valence-electron chi connectivity index (χ0n) is 8.92. The molecule has 0 amide bonds. The van der Waals surface area contributed by atoms with Crippen molar-refractivity contribution < 1.29 is 9.52 Å². The highest BCUT2D eigenvalue weighted by molar-refractivity contribution is 5.83. The maximum Gasteiger partial charge on any atom is 0.138 e. The second kappa shape index (κ2) is 3.52. The molecule has 4 heteroatoms. The van der Waals surface area contributed by atoms with E-state index in [0.29, 0.717) is 17.2 Å². The molecule has 17 heavy (non-hydrogen) atoms. The minimum atomic E-state index is 0.189. The molecule has 0 fully saturated rings. The summed E-state index contributed by atoms with van der Waals surface area (Å²) in [5.74, 6) is 1.37. The number of rotatable bonds is 1. The Labute approximate surface area is 97.3 Å². The van der Waals surface area contributed by atoms with Crippen molar-refractivity contribution in [2.45, 2.75) is 0 Å². The van der Waals surface area contributed by atoms with Gasteiger partial charge in [-0.2, -0.15) is 0 Å². The fourth-order valence-corrected chi connectivity index (χ4v) is 1.71. The number of phenolic OH excluding ortho intramolecular Hbond substituents is 1. The number of phenols is 1. The molecular weight excluding hydrogens is 216 g/mol. The SMILES string of the molecule is Nc1ccc(-c2cc3ccc(O)cc3o2)cn1. The van der Waals surface area contributed by atoms with Crippen molar-refractivity contribution in [2.24, 2.45) is 0 Å². The van der Waals surface area contributed by atoms with E-state index in [9.17, 15) is 5.11 Å². The number of aromatic nitrogens is 1. The number of anilines is 1. The summed E-state index contributed by atoms with van der Waals surface area (Å²) >= 11 is 0. The van der Waals surface area contributed by atoms with Crippen molar-refractivity contribution in [3.05, 3.63) is 42.6 Å². The van der Waals surface area contributed by atoms with Gasteiger partial charge in [-0.1, -0.05) is 0 Å². The second-order valence-corrected chi connectivity index (χ2v) is 3.80. The van der Waals surface area contributed by atoms with Crippen LogP contribution < -0.4 is 5.73 Å². The first kappa shape index (κ1) is 9.72. The monoisotopic (exact) mass is 226 g/mol. The number of hydrogen-bond acceptors (Lipinski definition) is 4. The van der Waals surface area contributed by atoms with Crippen LogP contribution in [0.5, 0.6) is 5.75 Å². The number of furan rings is 1. The average Bonchev–Trinajstić information content (AvgIpc) is 2.72. The van der Waals surface area contributed by atoms with Crippen LogP contribution in [-0.4, -0.2) is 10.1 Å². The minimum absolute atomic E-state index is 0.189. The van der Waals surface area contributed by atoms with E-state index < -0.39 is 0 Å². The smallest absolute Gasteiger partial charge is 0.138 e. The Morgan fingerprint density at radius 1 is 1.12 bits per heavy atom. The topological polar surface area (TPSA) is 72.3 Å². The van der Waals surface area contributed by atoms with Gasteiger partial charge >= 0.3 is 0 Å². The Bertz CT molecular complexity index is 671. The fraction of sp³-hybridized carbons (Fsp3) is 0. The molecule has 0 aliphatic heterocycles. The molecule has 0 saturated carbocycles. The van der Waals surface area contributed by atoms with Gasteiger partial charge in [0.05, 0.1) is 0 Å². The number of nitrogens with zero attached hydrogens (tertiary/aromatic N) is 1. The van der Waals surface area contributed by atoms with Crippen LogP contribution in [0.4, 0.5) is 5.82 Å². The van der Waals surface area contributed by atoms with Gasteiger partial charge in [0.2, 0.25) is 0 Å². The third kappa shape index (κ3) is 1.69. The van der Waals surface area contributed by atoms with Gasteiger partial charge in [-0.3, -0.25) is 0 Å². The van der Waals surface area contributed by atoms with Crippen molar-refractivity contribution in [3.8, 4) is 17.1 Å². The zero-order valence-corrected chi connectivity index (χ0v) is 8.92. The number of pyridine rings is 1. The summed E-state index contributed by atoms with van der Waals surface area (Å²) in [4.78, 5) is 4.01. The second-order valence-electron chi connectivity index (χ2n) is 3.80. The number of nitrogen functional groups attached to an aromatic ring is 1. The van der Waals surface area contributed by atoms with Gasteiger partial charge in [-0.05, 0) is 30.3 Å². The van der Waals surface area contributed by atoms with Crippen molar-refractivity contribution in [3.63, 3.8) is 0 Å². The van der Waals surface area contributed by atoms with E-state index in [0.717, 1.165) is 10.9 Å². The van der Waals surface area contributed by atoms with Gasteiger partial charge in [0.25, 0.3) is 0 Å². The number of nitrogens with two attached hydrogens (primary N) is 1. The Hall–Kier alpha value is -2.49. The molecule has 3 rings (SSSR count). The van der Waals surface area contributed by atoms with Gasteiger partial charge in [0.15, 0.2) is 0 Å². The highest BCUT2D eigenvalue weighted by Crippen LogP contribution is 2.29. The third-order valence-corrected chi connectivity index (χ3v) is 2.57. The summed E-state index contributed by atoms with van der Waals surface area (Å²) in [6.07, 6.45) is 1.66. The van der Waals surface area contributed by atoms with E-state index in [1.54, 1.807) is 24.4 Å². The molecule has 0 radical (unpaired) electrons. The molecular formula is C13H10N2O2. The maximum absolute atomic E-state index is 9.36. The molecule has 0 saturated heterocycles. The molecule has 1 aromatic carbocycles. The summed E-state index contributed by atoms with van der Waals surface area (Å²) in [5, 5.41) is 10.3. The molecule has 0 bridgehead atoms. The van der Waals surface area contributed by atoms with Crippen LogP contribution in [0, 0.1) is 0 Å². The van der Waals surface area contributed by atoms with Gasteiger partial charge in [-0.25, -0.2) is 4.98 Å². The van der Waals surface area contributed by atoms with Crippen molar-refractivity contribution in [2.75, 3.05) is 5.73 Å². The van der Waals surface area contributed by atoms with Crippen LogP contribution >= 0.6 is 0 Å². The molecule has 0 aliphatic rings. The first-order chi connectivity index (χ1) is 8.22. The van der Waals surface area contributed by atoms with Crippen molar-refractivity contribution >= 4 is 16.8 Å². The molecule has 2 aromatic heterocycles. The van der Waals surface area contributed by atoms with E-state index in [-0.39, 0.29) is 5.75 Å². The standard InChI is InChI=1S/C13H10N2O2/c14-13-4-2-9(7-15-13)11-5-8-1-3-10(16)6-12(8)17-11/h1-7,16H,(H2,14,15). The van der Waals surface area contributed by atoms with Gasteiger partial charge in [0.1, 0.15) is 22.9 Å². The summed E-state index contributed by atoms with van der Waals surface area (Å²) in [6, 6.07) is 10.5. The minimum Gasteiger partial charge on any atom is -0.508 e. The van der Waals surface area contributed by atoms with Crippen LogP contribution in [0.15, 0.2) is 47.0 Å². The summed E-state index contributed by atoms with van der Waals surface area (Å²) in [5.41, 5.74) is 7.03. The summed E-state index contributed by atoms with van der Waals surface area (Å²) in [7, 11) is 0. The Kier molecular flexibility index (Phi) is 2.01. The van der Waals surface area contributed by atoms with Gasteiger partial charge in [0, 0.05) is 23.2 Å². The van der Waals surface area contributed by atoms with E-state index in [2.05, 4.69) is 4.98 Å².